The molecule has 2 heterocycles. The van der Waals surface area contributed by atoms with Crippen LogP contribution in [0, 0.1) is 13.8 Å². The molecule has 7 nitrogen and oxygen atoms in total. The van der Waals surface area contributed by atoms with Crippen LogP contribution in [0.2, 0.25) is 0 Å². The molecule has 0 saturated heterocycles. The molecule has 1 atom stereocenters. The van der Waals surface area contributed by atoms with Gasteiger partial charge >= 0.3 is 6.01 Å². The molecule has 2 N–H and O–H groups in total. The fourth-order valence-corrected chi connectivity index (χ4v) is 3.96. The van der Waals surface area contributed by atoms with E-state index < -0.39 is 5.66 Å². The molecule has 0 bridgehead atoms. The van der Waals surface area contributed by atoms with Crippen LogP contribution in [-0.4, -0.2) is 35.7 Å². The van der Waals surface area contributed by atoms with Gasteiger partial charge in [-0.3, -0.25) is 0 Å². The molecule has 1 aliphatic heterocycles. The normalized spacial score (nSPS) is 17.8. The molecule has 3 aromatic rings. The van der Waals surface area contributed by atoms with Crippen molar-refractivity contribution < 1.29 is 9.47 Å². The quantitative estimate of drug-likeness (QED) is 0.684. The summed E-state index contributed by atoms with van der Waals surface area (Å²) in [5.41, 5.74) is 11.7. The maximum absolute atomic E-state index is 6.20. The van der Waals surface area contributed by atoms with Crippen LogP contribution in [0.5, 0.6) is 11.8 Å². The highest BCUT2D eigenvalue weighted by Gasteiger charge is 2.39. The van der Waals surface area contributed by atoms with E-state index in [1.54, 1.807) is 26.6 Å². The molecule has 1 unspecified atom stereocenters. The summed E-state index contributed by atoms with van der Waals surface area (Å²) >= 11 is 0. The van der Waals surface area contributed by atoms with Crippen molar-refractivity contribution in [2.24, 2.45) is 15.7 Å². The van der Waals surface area contributed by atoms with E-state index in [4.69, 9.17) is 25.2 Å². The summed E-state index contributed by atoms with van der Waals surface area (Å²) in [6, 6.07) is 12.5. The number of methoxy groups -OCH3 is 2. The number of aryl methyl sites for hydroxylation is 2. The lowest BCUT2D eigenvalue weighted by Gasteiger charge is -2.26. The predicted molar refractivity (Wildman–Crippen MR) is 122 cm³/mol. The Balaban J connectivity index is 1.89. The summed E-state index contributed by atoms with van der Waals surface area (Å²) in [6.07, 6.45) is 3.47. The van der Waals surface area contributed by atoms with Crippen LogP contribution in [0.25, 0.3) is 11.1 Å². The first-order valence-electron chi connectivity index (χ1n) is 9.92. The number of hydrogen-bond donors (Lipinski definition) is 1. The van der Waals surface area contributed by atoms with Crippen molar-refractivity contribution in [1.29, 1.82) is 0 Å². The van der Waals surface area contributed by atoms with Gasteiger partial charge in [0.15, 0.2) is 0 Å². The third-order valence-corrected chi connectivity index (χ3v) is 5.46. The van der Waals surface area contributed by atoms with Gasteiger partial charge in [-0.15, -0.1) is 0 Å². The van der Waals surface area contributed by atoms with Gasteiger partial charge in [-0.25, -0.2) is 20.0 Å². The summed E-state index contributed by atoms with van der Waals surface area (Å²) in [5.74, 6) is 1.29. The van der Waals surface area contributed by atoms with Gasteiger partial charge in [-0.1, -0.05) is 18.2 Å². The molecule has 0 amide bonds. The van der Waals surface area contributed by atoms with Crippen molar-refractivity contribution in [3.63, 3.8) is 0 Å². The second-order valence-corrected chi connectivity index (χ2v) is 7.55. The molecule has 0 spiro atoms. The molecule has 0 fully saturated rings. The first-order chi connectivity index (χ1) is 14.9. The first kappa shape index (κ1) is 20.5. The van der Waals surface area contributed by atoms with E-state index in [-0.39, 0.29) is 0 Å². The maximum Gasteiger partial charge on any atom is 0.316 e. The molecule has 158 valence electrons. The zero-order valence-electron chi connectivity index (χ0n) is 18.3. The Bertz CT molecular complexity index is 1160. The van der Waals surface area contributed by atoms with Crippen LogP contribution in [-0.2, 0) is 5.66 Å². The van der Waals surface area contributed by atoms with E-state index in [0.717, 1.165) is 39.1 Å². The number of amidine groups is 1. The number of aliphatic imine (C=N–C) groups is 2. The Morgan fingerprint density at radius 3 is 2.03 bits per heavy atom. The highest BCUT2D eigenvalue weighted by atomic mass is 16.5. The molecular weight excluding hydrogens is 390 g/mol. The van der Waals surface area contributed by atoms with Gasteiger partial charge in [0.25, 0.3) is 0 Å². The molecule has 1 aliphatic rings. The molecule has 0 radical (unpaired) electrons. The monoisotopic (exact) mass is 415 g/mol. The number of nitrogens with two attached hydrogens (primary N) is 1. The van der Waals surface area contributed by atoms with Crippen molar-refractivity contribution >= 4 is 11.5 Å². The minimum absolute atomic E-state index is 0.328. The molecular formula is C24H25N5O2. The van der Waals surface area contributed by atoms with Gasteiger partial charge in [-0.2, -0.15) is 0 Å². The Kier molecular flexibility index (Phi) is 5.19. The Morgan fingerprint density at radius 2 is 1.48 bits per heavy atom. The molecule has 0 saturated carbocycles. The van der Waals surface area contributed by atoms with Crippen molar-refractivity contribution in [2.45, 2.75) is 26.4 Å². The zero-order chi connectivity index (χ0) is 22.2. The fraction of sp³-hybridized carbons (Fsp3) is 0.250. The number of nitrogens with zero attached hydrogens (tertiary/aromatic N) is 4. The van der Waals surface area contributed by atoms with Crippen LogP contribution in [0.4, 0.5) is 0 Å². The molecule has 4 rings (SSSR count). The van der Waals surface area contributed by atoms with Crippen molar-refractivity contribution in [3.8, 4) is 22.9 Å². The lowest BCUT2D eigenvalue weighted by atomic mass is 9.88. The lowest BCUT2D eigenvalue weighted by Crippen LogP contribution is -2.23. The largest absolute Gasteiger partial charge is 0.496 e. The van der Waals surface area contributed by atoms with Crippen molar-refractivity contribution in [2.75, 3.05) is 14.2 Å². The first-order valence-corrected chi connectivity index (χ1v) is 9.92. The third kappa shape index (κ3) is 3.52. The van der Waals surface area contributed by atoms with Crippen LogP contribution in [0.1, 0.15) is 29.2 Å². The number of ether oxygens (including phenoxy) is 2. The van der Waals surface area contributed by atoms with Crippen LogP contribution in [0.15, 0.2) is 58.8 Å². The second kappa shape index (κ2) is 7.83. The lowest BCUT2D eigenvalue weighted by molar-refractivity contribution is 0.380. The highest BCUT2D eigenvalue weighted by molar-refractivity contribution is 6.41. The Morgan fingerprint density at radius 1 is 0.806 bits per heavy atom. The van der Waals surface area contributed by atoms with E-state index in [2.05, 4.69) is 28.2 Å². The molecule has 7 heteroatoms. The predicted octanol–water partition coefficient (Wildman–Crippen LogP) is 3.81. The van der Waals surface area contributed by atoms with E-state index in [1.165, 1.54) is 0 Å². The van der Waals surface area contributed by atoms with E-state index in [0.29, 0.717) is 17.6 Å². The summed E-state index contributed by atoms with van der Waals surface area (Å²) in [6.45, 7) is 5.92. The molecule has 31 heavy (non-hydrogen) atoms. The molecule has 0 aliphatic carbocycles. The summed E-state index contributed by atoms with van der Waals surface area (Å²) in [4.78, 5) is 18.2. The van der Waals surface area contributed by atoms with Crippen LogP contribution >= 0.6 is 0 Å². The fourth-order valence-electron chi connectivity index (χ4n) is 3.96. The van der Waals surface area contributed by atoms with Crippen molar-refractivity contribution in [3.05, 3.63) is 71.0 Å². The summed E-state index contributed by atoms with van der Waals surface area (Å²) < 4.78 is 10.6. The molecule has 2 aromatic carbocycles. The van der Waals surface area contributed by atoms with E-state index in [1.807, 2.05) is 39.0 Å². The average Bonchev–Trinajstić information content (AvgIpc) is 3.09. The minimum atomic E-state index is -0.959. The van der Waals surface area contributed by atoms with Gasteiger partial charge in [0.2, 0.25) is 5.66 Å². The maximum atomic E-state index is 6.20. The van der Waals surface area contributed by atoms with Crippen LogP contribution in [0.3, 0.4) is 0 Å². The van der Waals surface area contributed by atoms with Crippen molar-refractivity contribution in [1.82, 2.24) is 9.97 Å². The summed E-state index contributed by atoms with van der Waals surface area (Å²) in [5, 5.41) is 0. The number of rotatable bonds is 5. The highest BCUT2D eigenvalue weighted by Crippen LogP contribution is 2.42. The van der Waals surface area contributed by atoms with Gasteiger partial charge in [0.05, 0.1) is 19.9 Å². The topological polar surface area (TPSA) is 95.0 Å². The standard InChI is InChI=1S/C24H25N5O2/c1-14-9-20(10-15(2)21(14)30-4)24(28-16(3)22(25)29-24)19-8-6-7-17(11-19)18-12-26-23(31-5)27-13-18/h6-13H,1-5H3,(H2,25,29). The number of aromatic nitrogens is 2. The number of hydrogen-bond acceptors (Lipinski definition) is 7. The Labute approximate surface area is 181 Å². The zero-order valence-corrected chi connectivity index (χ0v) is 18.3. The SMILES string of the molecule is COc1ncc(-c2cccc(C3(c4cc(C)c(OC)c(C)c4)N=C(C)C(N)=N3)c2)cn1. The number of benzene rings is 2. The van der Waals surface area contributed by atoms with Gasteiger partial charge in [0.1, 0.15) is 11.6 Å². The van der Waals surface area contributed by atoms with Gasteiger partial charge in [0, 0.05) is 29.1 Å². The third-order valence-electron chi connectivity index (χ3n) is 5.46. The summed E-state index contributed by atoms with van der Waals surface area (Å²) in [7, 11) is 3.22. The second-order valence-electron chi connectivity index (χ2n) is 7.55. The minimum Gasteiger partial charge on any atom is -0.496 e. The van der Waals surface area contributed by atoms with Gasteiger partial charge < -0.3 is 15.2 Å². The average molecular weight is 415 g/mol. The van der Waals surface area contributed by atoms with Crippen LogP contribution < -0.4 is 15.2 Å². The van der Waals surface area contributed by atoms with E-state index >= 15 is 0 Å². The smallest absolute Gasteiger partial charge is 0.316 e. The molecule has 1 aromatic heterocycles. The van der Waals surface area contributed by atoms with Gasteiger partial charge in [-0.05, 0) is 55.7 Å². The van der Waals surface area contributed by atoms with E-state index in [9.17, 15) is 0 Å². The Hall–Kier alpha value is -3.74.